The summed E-state index contributed by atoms with van der Waals surface area (Å²) in [6, 6.07) is 3.87. The van der Waals surface area contributed by atoms with Crippen molar-refractivity contribution < 1.29 is 4.79 Å². The van der Waals surface area contributed by atoms with E-state index in [0.29, 0.717) is 24.5 Å². The molecule has 1 N–H and O–H groups in total. The highest BCUT2D eigenvalue weighted by atomic mass is 32.1. The van der Waals surface area contributed by atoms with Crippen molar-refractivity contribution in [3.05, 3.63) is 42.0 Å². The predicted molar refractivity (Wildman–Crippen MR) is 107 cm³/mol. The lowest BCUT2D eigenvalue weighted by atomic mass is 9.96. The topological polar surface area (TPSA) is 68.0 Å². The molecule has 3 rings (SSSR count). The molecule has 27 heavy (non-hydrogen) atoms. The number of hydrogen-bond acceptors (Lipinski definition) is 5. The molecule has 0 unspecified atom stereocenters. The zero-order chi connectivity index (χ0) is 19.2. The van der Waals surface area contributed by atoms with Crippen LogP contribution in [-0.4, -0.2) is 49.8 Å². The van der Waals surface area contributed by atoms with Crippen LogP contribution in [0.3, 0.4) is 0 Å². The maximum atomic E-state index is 12.0. The van der Waals surface area contributed by atoms with Gasteiger partial charge in [-0.2, -0.15) is 5.10 Å². The van der Waals surface area contributed by atoms with Gasteiger partial charge in [0.05, 0.1) is 6.67 Å². The third kappa shape index (κ3) is 4.51. The van der Waals surface area contributed by atoms with E-state index in [9.17, 15) is 4.79 Å². The first-order chi connectivity index (χ1) is 13.1. The van der Waals surface area contributed by atoms with E-state index in [1.54, 1.807) is 12.4 Å². The number of carbonyl (C=O) groups is 1. The summed E-state index contributed by atoms with van der Waals surface area (Å²) in [6.07, 6.45) is 7.08. The van der Waals surface area contributed by atoms with Gasteiger partial charge in [0.1, 0.15) is 0 Å². The molecule has 1 aliphatic rings. The number of allylic oxidation sites excluding steroid dienone is 1. The molecular weight excluding hydrogens is 360 g/mol. The summed E-state index contributed by atoms with van der Waals surface area (Å²) in [5.74, 6) is 1.08. The Morgan fingerprint density at radius 1 is 1.44 bits per heavy atom. The molecule has 0 radical (unpaired) electrons. The number of nitrogens with zero attached hydrogens (tertiary/aromatic N) is 5. The van der Waals surface area contributed by atoms with Crippen molar-refractivity contribution in [1.82, 2.24) is 29.5 Å². The van der Waals surface area contributed by atoms with Crippen molar-refractivity contribution in [1.29, 1.82) is 0 Å². The molecule has 0 spiro atoms. The van der Waals surface area contributed by atoms with Crippen LogP contribution in [0.1, 0.15) is 19.8 Å². The molecule has 2 aromatic heterocycles. The van der Waals surface area contributed by atoms with Gasteiger partial charge < -0.3 is 5.32 Å². The Morgan fingerprint density at radius 2 is 2.22 bits per heavy atom. The number of hydrogen-bond donors (Lipinski definition) is 1. The van der Waals surface area contributed by atoms with Crippen LogP contribution in [0.25, 0.3) is 11.4 Å². The molecule has 3 heterocycles. The molecule has 0 saturated carbocycles. The van der Waals surface area contributed by atoms with Crippen LogP contribution in [0.15, 0.2) is 37.2 Å². The molecule has 0 aromatic carbocycles. The fourth-order valence-corrected chi connectivity index (χ4v) is 3.64. The van der Waals surface area contributed by atoms with Gasteiger partial charge >= 0.3 is 0 Å². The van der Waals surface area contributed by atoms with Crippen LogP contribution in [0.4, 0.5) is 0 Å². The van der Waals surface area contributed by atoms with Crippen molar-refractivity contribution in [3.8, 4) is 11.4 Å². The van der Waals surface area contributed by atoms with E-state index in [1.165, 1.54) is 0 Å². The van der Waals surface area contributed by atoms with Crippen LogP contribution in [0.2, 0.25) is 0 Å². The summed E-state index contributed by atoms with van der Waals surface area (Å²) in [5.41, 5.74) is 0.930. The Bertz CT molecular complexity index is 836. The summed E-state index contributed by atoms with van der Waals surface area (Å²) in [6.45, 7) is 9.41. The molecule has 0 bridgehead atoms. The number of carbonyl (C=O) groups excluding carboxylic acids is 1. The third-order valence-corrected chi connectivity index (χ3v) is 5.23. The van der Waals surface area contributed by atoms with Gasteiger partial charge in [0.2, 0.25) is 5.91 Å². The van der Waals surface area contributed by atoms with Crippen molar-refractivity contribution in [2.45, 2.75) is 33.0 Å². The second-order valence-electron chi connectivity index (χ2n) is 6.68. The molecule has 1 aliphatic heterocycles. The number of nitrogens with one attached hydrogen (secondary N) is 1. The number of amides is 1. The minimum absolute atomic E-state index is 0.110. The molecular formula is C19H26N6OS. The van der Waals surface area contributed by atoms with E-state index in [-0.39, 0.29) is 11.8 Å². The smallest absolute Gasteiger partial charge is 0.223 e. The lowest BCUT2D eigenvalue weighted by Gasteiger charge is -2.30. The maximum absolute atomic E-state index is 12.0. The first-order valence-corrected chi connectivity index (χ1v) is 9.73. The number of pyridine rings is 1. The second kappa shape index (κ2) is 9.05. The lowest BCUT2D eigenvalue weighted by Crippen LogP contribution is -2.41. The van der Waals surface area contributed by atoms with Crippen molar-refractivity contribution in [3.63, 3.8) is 0 Å². The summed E-state index contributed by atoms with van der Waals surface area (Å²) >= 11 is 5.65. The molecule has 0 aliphatic carbocycles. The SMILES string of the molecule is C=CCn1c(-c2cccnc2)nn(CN2CCC(C(=O)NCC)CC2)c1=S. The van der Waals surface area contributed by atoms with Crippen LogP contribution in [0, 0.1) is 10.7 Å². The Morgan fingerprint density at radius 3 is 2.85 bits per heavy atom. The Kier molecular flexibility index (Phi) is 6.52. The van der Waals surface area contributed by atoms with Crippen molar-refractivity contribution in [2.75, 3.05) is 19.6 Å². The number of likely N-dealkylation sites (tertiary alicyclic amines) is 1. The molecule has 2 aromatic rings. The Balaban J connectivity index is 1.74. The van der Waals surface area contributed by atoms with Gasteiger partial charge in [0, 0.05) is 50.1 Å². The lowest BCUT2D eigenvalue weighted by molar-refractivity contribution is -0.126. The number of piperidine rings is 1. The monoisotopic (exact) mass is 386 g/mol. The molecule has 1 fully saturated rings. The highest BCUT2D eigenvalue weighted by Crippen LogP contribution is 2.20. The zero-order valence-electron chi connectivity index (χ0n) is 15.7. The van der Waals surface area contributed by atoms with Crippen LogP contribution < -0.4 is 5.32 Å². The molecule has 1 amide bonds. The minimum atomic E-state index is 0.110. The molecule has 8 heteroatoms. The molecule has 7 nitrogen and oxygen atoms in total. The first kappa shape index (κ1) is 19.4. The zero-order valence-corrected chi connectivity index (χ0v) is 16.5. The highest BCUT2D eigenvalue weighted by molar-refractivity contribution is 7.71. The predicted octanol–water partition coefficient (Wildman–Crippen LogP) is 2.47. The summed E-state index contributed by atoms with van der Waals surface area (Å²) < 4.78 is 4.49. The normalized spacial score (nSPS) is 15.6. The molecule has 144 valence electrons. The van der Waals surface area contributed by atoms with Gasteiger partial charge in [0.25, 0.3) is 0 Å². The van der Waals surface area contributed by atoms with Gasteiger partial charge in [-0.25, -0.2) is 4.68 Å². The third-order valence-electron chi connectivity index (χ3n) is 4.80. The van der Waals surface area contributed by atoms with Gasteiger partial charge in [0.15, 0.2) is 10.6 Å². The second-order valence-corrected chi connectivity index (χ2v) is 7.04. The molecule has 0 atom stereocenters. The van der Waals surface area contributed by atoms with Gasteiger partial charge in [-0.1, -0.05) is 6.08 Å². The van der Waals surface area contributed by atoms with E-state index in [1.807, 2.05) is 34.4 Å². The van der Waals surface area contributed by atoms with E-state index >= 15 is 0 Å². The Labute approximate surface area is 164 Å². The van der Waals surface area contributed by atoms with E-state index in [2.05, 4.69) is 21.8 Å². The quantitative estimate of drug-likeness (QED) is 0.585. The summed E-state index contributed by atoms with van der Waals surface area (Å²) in [7, 11) is 0. The fourth-order valence-electron chi connectivity index (χ4n) is 3.38. The fraction of sp³-hybridized carbons (Fsp3) is 0.474. The van der Waals surface area contributed by atoms with Crippen molar-refractivity contribution >= 4 is 18.1 Å². The number of rotatable bonds is 7. The minimum Gasteiger partial charge on any atom is -0.356 e. The average Bonchev–Trinajstić information content (AvgIpc) is 2.99. The van der Waals surface area contributed by atoms with Crippen LogP contribution in [0.5, 0.6) is 0 Å². The average molecular weight is 387 g/mol. The largest absolute Gasteiger partial charge is 0.356 e. The van der Waals surface area contributed by atoms with Crippen LogP contribution in [-0.2, 0) is 18.0 Å². The van der Waals surface area contributed by atoms with Gasteiger partial charge in [-0.3, -0.25) is 19.2 Å². The first-order valence-electron chi connectivity index (χ1n) is 9.33. The van der Waals surface area contributed by atoms with E-state index in [0.717, 1.165) is 37.3 Å². The highest BCUT2D eigenvalue weighted by Gasteiger charge is 2.25. The van der Waals surface area contributed by atoms with E-state index in [4.69, 9.17) is 17.3 Å². The van der Waals surface area contributed by atoms with E-state index < -0.39 is 0 Å². The van der Waals surface area contributed by atoms with Gasteiger partial charge in [-0.05, 0) is 44.1 Å². The summed E-state index contributed by atoms with van der Waals surface area (Å²) in [5, 5.41) is 7.66. The van der Waals surface area contributed by atoms with Gasteiger partial charge in [-0.15, -0.1) is 6.58 Å². The molecule has 1 saturated heterocycles. The Hall–Kier alpha value is -2.32. The summed E-state index contributed by atoms with van der Waals surface area (Å²) in [4.78, 5) is 18.5. The van der Waals surface area contributed by atoms with Crippen molar-refractivity contribution in [2.24, 2.45) is 5.92 Å². The number of aromatic nitrogens is 4. The maximum Gasteiger partial charge on any atom is 0.223 e. The van der Waals surface area contributed by atoms with Crippen LogP contribution >= 0.6 is 12.2 Å². The standard InChI is InChI=1S/C19H26N6OS/c1-3-10-24-17(16-6-5-9-20-13-16)22-25(19(24)27)14-23-11-7-15(8-12-23)18(26)21-4-2/h3,5-6,9,13,15H,1,4,7-8,10-12,14H2,2H3,(H,21,26).